The summed E-state index contributed by atoms with van der Waals surface area (Å²) in [5.74, 6) is 0.324. The largest absolute Gasteiger partial charge is 0.243 e. The van der Waals surface area contributed by atoms with Gasteiger partial charge in [-0.1, -0.05) is 32.0 Å². The van der Waals surface area contributed by atoms with Gasteiger partial charge >= 0.3 is 0 Å². The fourth-order valence-corrected chi connectivity index (χ4v) is 5.05. The van der Waals surface area contributed by atoms with Crippen molar-refractivity contribution in [1.29, 1.82) is 0 Å². The molecule has 6 nitrogen and oxygen atoms in total. The van der Waals surface area contributed by atoms with Crippen molar-refractivity contribution in [2.45, 2.75) is 42.5 Å². The van der Waals surface area contributed by atoms with Gasteiger partial charge in [-0.05, 0) is 53.3 Å². The molecule has 0 saturated heterocycles. The molecule has 0 fully saturated rings. The van der Waals surface area contributed by atoms with Gasteiger partial charge in [0.15, 0.2) is 0 Å². The second-order valence-corrected chi connectivity index (χ2v) is 10.3. The van der Waals surface area contributed by atoms with Gasteiger partial charge < -0.3 is 0 Å². The summed E-state index contributed by atoms with van der Waals surface area (Å²) >= 11 is 0. The Bertz CT molecular complexity index is 1030. The Balaban J connectivity index is 1.91. The fraction of sp³-hybridized carbons (Fsp3) is 0.333. The van der Waals surface area contributed by atoms with Gasteiger partial charge in [0.2, 0.25) is 20.0 Å². The van der Waals surface area contributed by atoms with Gasteiger partial charge in [0, 0.05) is 13.1 Å². The Morgan fingerprint density at radius 3 is 2.12 bits per heavy atom. The first kappa shape index (κ1) is 19.0. The predicted octanol–water partition coefficient (Wildman–Crippen LogP) is 2.20. The van der Waals surface area contributed by atoms with E-state index < -0.39 is 20.0 Å². The maximum absolute atomic E-state index is 12.9. The number of benzene rings is 2. The van der Waals surface area contributed by atoms with Gasteiger partial charge in [0.05, 0.1) is 9.79 Å². The van der Waals surface area contributed by atoms with Gasteiger partial charge in [-0.15, -0.1) is 0 Å². The van der Waals surface area contributed by atoms with Crippen LogP contribution >= 0.6 is 0 Å². The number of nitrogens with two attached hydrogens (primary N) is 1. The second kappa shape index (κ2) is 6.77. The minimum absolute atomic E-state index is 0.00298. The van der Waals surface area contributed by atoms with E-state index >= 15 is 0 Å². The number of fused-ring (bicyclic) bond motifs is 1. The molecule has 2 aromatic carbocycles. The molecule has 140 valence electrons. The van der Waals surface area contributed by atoms with Crippen molar-refractivity contribution in [1.82, 2.24) is 4.31 Å². The highest BCUT2D eigenvalue weighted by Crippen LogP contribution is 2.27. The standard InChI is InChI=1S/C18H22N2O4S2/c1-13(2)14-3-6-17(7-4-14)26(23,24)20-10-9-15-5-8-18(25(19,21)22)11-16(15)12-20/h3-8,11,13H,9-10,12H2,1-2H3,(H2,19,21,22). The summed E-state index contributed by atoms with van der Waals surface area (Å²) in [5, 5.41) is 5.18. The van der Waals surface area contributed by atoms with Gasteiger partial charge in [0.1, 0.15) is 0 Å². The maximum atomic E-state index is 12.9. The molecule has 0 amide bonds. The van der Waals surface area contributed by atoms with Crippen molar-refractivity contribution < 1.29 is 16.8 Å². The van der Waals surface area contributed by atoms with Crippen LogP contribution < -0.4 is 5.14 Å². The van der Waals surface area contributed by atoms with E-state index in [2.05, 4.69) is 0 Å². The lowest BCUT2D eigenvalue weighted by molar-refractivity contribution is 0.391. The smallest absolute Gasteiger partial charge is 0.225 e. The fourth-order valence-electron chi connectivity index (χ4n) is 3.06. The third kappa shape index (κ3) is 3.68. The molecule has 0 aromatic heterocycles. The van der Waals surface area contributed by atoms with Crippen molar-refractivity contribution in [3.63, 3.8) is 0 Å². The van der Waals surface area contributed by atoms with E-state index in [0.717, 1.165) is 11.1 Å². The number of sulfonamides is 2. The molecule has 3 rings (SSSR count). The van der Waals surface area contributed by atoms with Crippen LogP contribution in [0.2, 0.25) is 0 Å². The zero-order valence-electron chi connectivity index (χ0n) is 14.7. The number of nitrogens with zero attached hydrogens (tertiary/aromatic N) is 1. The Labute approximate surface area is 154 Å². The highest BCUT2D eigenvalue weighted by Gasteiger charge is 2.29. The van der Waals surface area contributed by atoms with Crippen LogP contribution in [0.1, 0.15) is 36.5 Å². The van der Waals surface area contributed by atoms with Gasteiger partial charge in [0.25, 0.3) is 0 Å². The van der Waals surface area contributed by atoms with E-state index in [1.807, 2.05) is 26.0 Å². The molecule has 0 atom stereocenters. The Hall–Kier alpha value is -1.74. The van der Waals surface area contributed by atoms with Crippen molar-refractivity contribution in [3.8, 4) is 0 Å². The van der Waals surface area contributed by atoms with E-state index in [0.29, 0.717) is 24.4 Å². The van der Waals surface area contributed by atoms with Gasteiger partial charge in [-0.25, -0.2) is 22.0 Å². The molecule has 2 N–H and O–H groups in total. The van der Waals surface area contributed by atoms with Crippen LogP contribution in [-0.2, 0) is 33.0 Å². The topological polar surface area (TPSA) is 97.5 Å². The molecule has 2 aromatic rings. The molecular weight excluding hydrogens is 372 g/mol. The summed E-state index contributed by atoms with van der Waals surface area (Å²) in [6, 6.07) is 11.5. The lowest BCUT2D eigenvalue weighted by Gasteiger charge is -2.28. The minimum atomic E-state index is -3.82. The third-order valence-corrected chi connectivity index (χ3v) is 7.44. The van der Waals surface area contributed by atoms with Crippen molar-refractivity contribution in [2.75, 3.05) is 6.54 Å². The van der Waals surface area contributed by atoms with Crippen LogP contribution in [0.4, 0.5) is 0 Å². The molecule has 0 spiro atoms. The first-order valence-corrected chi connectivity index (χ1v) is 11.3. The summed E-state index contributed by atoms with van der Waals surface area (Å²) < 4.78 is 50.4. The summed E-state index contributed by atoms with van der Waals surface area (Å²) in [6.45, 7) is 4.59. The van der Waals surface area contributed by atoms with Crippen LogP contribution in [-0.4, -0.2) is 27.7 Å². The maximum Gasteiger partial charge on any atom is 0.243 e. The highest BCUT2D eigenvalue weighted by atomic mass is 32.2. The summed E-state index contributed by atoms with van der Waals surface area (Å²) in [6.07, 6.45) is 0.531. The number of hydrogen-bond acceptors (Lipinski definition) is 4. The van der Waals surface area contributed by atoms with Crippen molar-refractivity contribution in [2.24, 2.45) is 5.14 Å². The molecule has 1 heterocycles. The predicted molar refractivity (Wildman–Crippen MR) is 99.6 cm³/mol. The zero-order valence-corrected chi connectivity index (χ0v) is 16.3. The van der Waals surface area contributed by atoms with Crippen LogP contribution in [0.15, 0.2) is 52.3 Å². The lowest BCUT2D eigenvalue weighted by Crippen LogP contribution is -2.36. The monoisotopic (exact) mass is 394 g/mol. The zero-order chi connectivity index (χ0) is 19.1. The summed E-state index contributed by atoms with van der Waals surface area (Å²) in [4.78, 5) is 0.240. The molecule has 8 heteroatoms. The van der Waals surface area contributed by atoms with E-state index in [-0.39, 0.29) is 16.3 Å². The lowest BCUT2D eigenvalue weighted by atomic mass is 10.0. The van der Waals surface area contributed by atoms with E-state index in [1.54, 1.807) is 18.2 Å². The van der Waals surface area contributed by atoms with E-state index in [4.69, 9.17) is 5.14 Å². The Kier molecular flexibility index (Phi) is 4.96. The number of primary sulfonamides is 1. The minimum Gasteiger partial charge on any atom is -0.225 e. The normalized spacial score (nSPS) is 15.8. The first-order chi connectivity index (χ1) is 12.1. The Morgan fingerprint density at radius 2 is 1.54 bits per heavy atom. The molecule has 0 radical (unpaired) electrons. The molecule has 0 bridgehead atoms. The van der Waals surface area contributed by atoms with Crippen LogP contribution in [0.3, 0.4) is 0 Å². The molecule has 0 unspecified atom stereocenters. The van der Waals surface area contributed by atoms with E-state index in [9.17, 15) is 16.8 Å². The average molecular weight is 395 g/mol. The first-order valence-electron chi connectivity index (χ1n) is 8.34. The van der Waals surface area contributed by atoms with Crippen LogP contribution in [0.5, 0.6) is 0 Å². The van der Waals surface area contributed by atoms with Crippen molar-refractivity contribution in [3.05, 3.63) is 59.2 Å². The second-order valence-electron chi connectivity index (χ2n) is 6.79. The molecular formula is C18H22N2O4S2. The third-order valence-electron chi connectivity index (χ3n) is 4.67. The van der Waals surface area contributed by atoms with Crippen molar-refractivity contribution >= 4 is 20.0 Å². The summed E-state index contributed by atoms with van der Waals surface area (Å²) in [5.41, 5.74) is 2.69. The highest BCUT2D eigenvalue weighted by molar-refractivity contribution is 7.89. The molecule has 1 aliphatic rings. The van der Waals surface area contributed by atoms with Gasteiger partial charge in [-0.3, -0.25) is 0 Å². The van der Waals surface area contributed by atoms with Gasteiger partial charge in [-0.2, -0.15) is 4.31 Å². The molecule has 1 aliphatic heterocycles. The number of rotatable bonds is 4. The molecule has 26 heavy (non-hydrogen) atoms. The van der Waals surface area contributed by atoms with E-state index in [1.165, 1.54) is 16.4 Å². The SMILES string of the molecule is CC(C)c1ccc(S(=O)(=O)N2CCc3ccc(S(N)(=O)=O)cc3C2)cc1. The Morgan fingerprint density at radius 1 is 0.923 bits per heavy atom. The van der Waals surface area contributed by atoms with Crippen LogP contribution in [0, 0.1) is 0 Å². The molecule has 0 aliphatic carbocycles. The molecule has 0 saturated carbocycles. The summed E-state index contributed by atoms with van der Waals surface area (Å²) in [7, 11) is -7.47. The van der Waals surface area contributed by atoms with Crippen LogP contribution in [0.25, 0.3) is 0 Å². The quantitative estimate of drug-likeness (QED) is 0.859. The number of hydrogen-bond donors (Lipinski definition) is 1. The average Bonchev–Trinajstić information content (AvgIpc) is 2.60.